The number of methoxy groups -OCH3 is 1. The molecule has 0 spiro atoms. The monoisotopic (exact) mass is 412 g/mol. The van der Waals surface area contributed by atoms with E-state index in [9.17, 15) is 5.26 Å². The molecule has 0 saturated carbocycles. The molecule has 0 radical (unpaired) electrons. The van der Waals surface area contributed by atoms with Crippen LogP contribution in [0.1, 0.15) is 75.9 Å². The highest BCUT2D eigenvalue weighted by molar-refractivity contribution is 5.81. The maximum absolute atomic E-state index is 9.28. The molecule has 1 N–H and O–H groups in total. The average molecular weight is 413 g/mol. The van der Waals surface area contributed by atoms with E-state index < -0.39 is 0 Å². The van der Waals surface area contributed by atoms with E-state index in [0.717, 1.165) is 37.7 Å². The number of oxazole rings is 1. The fourth-order valence-electron chi connectivity index (χ4n) is 2.88. The quantitative estimate of drug-likeness (QED) is 0.243. The first-order chi connectivity index (χ1) is 14.7. The number of anilines is 1. The molecule has 7 nitrogen and oxygen atoms in total. The number of benzene rings is 1. The summed E-state index contributed by atoms with van der Waals surface area (Å²) >= 11 is 0. The topological polar surface area (TPSA) is 92.7 Å². The number of ether oxygens (including phenoxy) is 2. The minimum atomic E-state index is 0.216. The molecule has 0 amide bonds. The lowest BCUT2D eigenvalue weighted by atomic mass is 10.1. The van der Waals surface area contributed by atoms with Gasteiger partial charge < -0.3 is 13.9 Å². The van der Waals surface area contributed by atoms with Crippen molar-refractivity contribution in [1.82, 2.24) is 4.98 Å². The predicted molar refractivity (Wildman–Crippen MR) is 118 cm³/mol. The first-order valence-corrected chi connectivity index (χ1v) is 10.7. The van der Waals surface area contributed by atoms with Crippen LogP contribution in [0, 0.1) is 11.3 Å². The molecule has 7 heteroatoms. The molecule has 0 fully saturated rings. The molecule has 0 atom stereocenters. The second kappa shape index (κ2) is 13.3. The van der Waals surface area contributed by atoms with Crippen LogP contribution in [0.5, 0.6) is 11.5 Å². The molecule has 0 aliphatic heterocycles. The molecule has 0 aliphatic rings. The van der Waals surface area contributed by atoms with Gasteiger partial charge in [0.25, 0.3) is 5.88 Å². The van der Waals surface area contributed by atoms with Crippen LogP contribution in [0.3, 0.4) is 0 Å². The third-order valence-corrected chi connectivity index (χ3v) is 4.59. The number of unbranched alkanes of at least 4 members (excludes halogenated alkanes) is 5. The summed E-state index contributed by atoms with van der Waals surface area (Å²) in [4.78, 5) is 4.25. The molecule has 1 heterocycles. The van der Waals surface area contributed by atoms with E-state index in [1.807, 2.05) is 24.3 Å². The fraction of sp³-hybridized carbons (Fsp3) is 0.522. The van der Waals surface area contributed by atoms with Gasteiger partial charge in [0.2, 0.25) is 5.69 Å². The molecule has 0 aliphatic carbocycles. The summed E-state index contributed by atoms with van der Waals surface area (Å²) < 4.78 is 16.8. The Bertz CT molecular complexity index is 839. The highest BCUT2D eigenvalue weighted by Crippen LogP contribution is 2.28. The summed E-state index contributed by atoms with van der Waals surface area (Å²) in [5.41, 5.74) is 3.83. The van der Waals surface area contributed by atoms with Gasteiger partial charge in [-0.2, -0.15) is 10.4 Å². The molecule has 1 aromatic heterocycles. The normalized spacial score (nSPS) is 10.9. The molecule has 0 bridgehead atoms. The number of rotatable bonds is 14. The van der Waals surface area contributed by atoms with Crippen molar-refractivity contribution in [2.24, 2.45) is 5.10 Å². The van der Waals surface area contributed by atoms with Gasteiger partial charge >= 0.3 is 0 Å². The molecule has 1 aromatic carbocycles. The summed E-state index contributed by atoms with van der Waals surface area (Å²) in [6.07, 6.45) is 10.2. The zero-order valence-corrected chi connectivity index (χ0v) is 18.2. The number of hydrazone groups is 1. The summed E-state index contributed by atoms with van der Waals surface area (Å²) in [5.74, 6) is 2.19. The Hall–Kier alpha value is -3.01. The van der Waals surface area contributed by atoms with Crippen LogP contribution < -0.4 is 14.9 Å². The Labute approximate surface area is 179 Å². The van der Waals surface area contributed by atoms with Gasteiger partial charge in [-0.25, -0.2) is 10.4 Å². The van der Waals surface area contributed by atoms with Crippen molar-refractivity contribution in [2.45, 2.75) is 65.2 Å². The van der Waals surface area contributed by atoms with Crippen LogP contribution >= 0.6 is 0 Å². The number of hydrogen-bond acceptors (Lipinski definition) is 7. The van der Waals surface area contributed by atoms with Crippen LogP contribution in [0.15, 0.2) is 27.7 Å². The van der Waals surface area contributed by atoms with Gasteiger partial charge in [0.05, 0.1) is 19.9 Å². The Kier molecular flexibility index (Phi) is 10.3. The van der Waals surface area contributed by atoms with Gasteiger partial charge in [-0.3, -0.25) is 0 Å². The highest BCUT2D eigenvalue weighted by atomic mass is 16.5. The second-order valence-electron chi connectivity index (χ2n) is 7.04. The van der Waals surface area contributed by atoms with Crippen molar-refractivity contribution in [1.29, 1.82) is 5.26 Å². The highest BCUT2D eigenvalue weighted by Gasteiger charge is 2.12. The minimum Gasteiger partial charge on any atom is -0.493 e. The summed E-state index contributed by atoms with van der Waals surface area (Å²) in [6.45, 7) is 4.97. The van der Waals surface area contributed by atoms with Gasteiger partial charge in [0.1, 0.15) is 6.07 Å². The van der Waals surface area contributed by atoms with Gasteiger partial charge in [0.15, 0.2) is 17.4 Å². The molecule has 162 valence electrons. The van der Waals surface area contributed by atoms with E-state index in [2.05, 4.69) is 29.4 Å². The van der Waals surface area contributed by atoms with Gasteiger partial charge in [-0.1, -0.05) is 46.0 Å². The zero-order valence-electron chi connectivity index (χ0n) is 18.2. The lowest BCUT2D eigenvalue weighted by Crippen LogP contribution is -1.99. The van der Waals surface area contributed by atoms with Crippen LogP contribution in [0.2, 0.25) is 0 Å². The second-order valence-corrected chi connectivity index (χ2v) is 7.04. The van der Waals surface area contributed by atoms with E-state index in [1.165, 1.54) is 19.3 Å². The predicted octanol–water partition coefficient (Wildman–Crippen LogP) is 5.69. The van der Waals surface area contributed by atoms with E-state index in [-0.39, 0.29) is 11.6 Å². The Morgan fingerprint density at radius 3 is 2.67 bits per heavy atom. The van der Waals surface area contributed by atoms with Crippen molar-refractivity contribution in [3.8, 4) is 17.6 Å². The smallest absolute Gasteiger partial charge is 0.252 e. The van der Waals surface area contributed by atoms with Crippen LogP contribution in [0.25, 0.3) is 0 Å². The molecule has 0 saturated heterocycles. The van der Waals surface area contributed by atoms with Crippen molar-refractivity contribution in [3.63, 3.8) is 0 Å². The first kappa shape index (κ1) is 23.3. The maximum Gasteiger partial charge on any atom is 0.252 e. The summed E-state index contributed by atoms with van der Waals surface area (Å²) in [7, 11) is 1.61. The Morgan fingerprint density at radius 2 is 1.93 bits per heavy atom. The largest absolute Gasteiger partial charge is 0.493 e. The number of hydrogen-bond donors (Lipinski definition) is 1. The van der Waals surface area contributed by atoms with Gasteiger partial charge in [-0.15, -0.1) is 0 Å². The lowest BCUT2D eigenvalue weighted by molar-refractivity contribution is 0.288. The molecule has 2 rings (SSSR count). The molecular weight excluding hydrogens is 380 g/mol. The van der Waals surface area contributed by atoms with E-state index in [1.54, 1.807) is 13.3 Å². The minimum absolute atomic E-state index is 0.216. The maximum atomic E-state index is 9.28. The van der Waals surface area contributed by atoms with E-state index >= 15 is 0 Å². The van der Waals surface area contributed by atoms with Crippen LogP contribution in [-0.4, -0.2) is 24.9 Å². The van der Waals surface area contributed by atoms with Crippen molar-refractivity contribution >= 4 is 12.1 Å². The molecule has 0 unspecified atom stereocenters. The van der Waals surface area contributed by atoms with Crippen LogP contribution in [-0.2, 0) is 6.42 Å². The fourth-order valence-corrected chi connectivity index (χ4v) is 2.88. The number of aromatic nitrogens is 1. The summed E-state index contributed by atoms with van der Waals surface area (Å²) in [5, 5.41) is 13.5. The summed E-state index contributed by atoms with van der Waals surface area (Å²) in [6, 6.07) is 7.65. The zero-order chi connectivity index (χ0) is 21.6. The van der Waals surface area contributed by atoms with Crippen molar-refractivity contribution in [2.75, 3.05) is 19.1 Å². The van der Waals surface area contributed by atoms with Crippen molar-refractivity contribution < 1.29 is 13.9 Å². The number of nitrogens with one attached hydrogen (secondary N) is 1. The molecule has 30 heavy (non-hydrogen) atoms. The van der Waals surface area contributed by atoms with Gasteiger partial charge in [-0.05, 0) is 36.6 Å². The SMILES string of the molecule is CCCCCCCc1nc(C#N)c(NN=Cc2ccc(OCCCC)c(OC)c2)o1. The van der Waals surface area contributed by atoms with Crippen LogP contribution in [0.4, 0.5) is 5.88 Å². The Balaban J connectivity index is 1.95. The van der Waals surface area contributed by atoms with E-state index in [0.29, 0.717) is 24.0 Å². The third-order valence-electron chi connectivity index (χ3n) is 4.59. The molecule has 2 aromatic rings. The first-order valence-electron chi connectivity index (χ1n) is 10.7. The number of nitrogens with zero attached hydrogens (tertiary/aromatic N) is 3. The van der Waals surface area contributed by atoms with Gasteiger partial charge in [0, 0.05) is 6.42 Å². The van der Waals surface area contributed by atoms with Crippen molar-refractivity contribution in [3.05, 3.63) is 35.3 Å². The lowest BCUT2D eigenvalue weighted by Gasteiger charge is -2.10. The number of nitriles is 1. The van der Waals surface area contributed by atoms with E-state index in [4.69, 9.17) is 13.9 Å². The third kappa shape index (κ3) is 7.43. The standard InChI is InChI=1S/C23H32N4O3/c1-4-6-8-9-10-11-22-26-19(16-24)23(30-22)27-25-17-18-12-13-20(21(15-18)28-3)29-14-7-5-2/h12-13,15,17,27H,4-11,14H2,1-3H3. The Morgan fingerprint density at radius 1 is 1.13 bits per heavy atom. The number of aryl methyl sites for hydroxylation is 1. The average Bonchev–Trinajstić information content (AvgIpc) is 3.16. The molecular formula is C23H32N4O3.